The second-order valence-corrected chi connectivity index (χ2v) is 4.88. The predicted molar refractivity (Wildman–Crippen MR) is 68.7 cm³/mol. The maximum absolute atomic E-state index is 11.7. The summed E-state index contributed by atoms with van der Waals surface area (Å²) in [6.45, 7) is 4.07. The Morgan fingerprint density at radius 3 is 2.41 bits per heavy atom. The molecule has 0 aliphatic heterocycles. The monoisotopic (exact) mass is 232 g/mol. The number of amides is 2. The molecule has 2 atom stereocenters. The fraction of sp³-hybridized carbons (Fsp3) is 0.500. The van der Waals surface area contributed by atoms with E-state index < -0.39 is 0 Å². The van der Waals surface area contributed by atoms with Crippen LogP contribution in [0.3, 0.4) is 0 Å². The van der Waals surface area contributed by atoms with Crippen LogP contribution < -0.4 is 10.6 Å². The maximum atomic E-state index is 11.7. The van der Waals surface area contributed by atoms with Gasteiger partial charge in [-0.25, -0.2) is 4.79 Å². The standard InChI is InChI=1S/C14H20N2O/c1-10(12-6-4-3-5-7-12)15-14(17)16-11(2)13-8-9-13/h3-7,10-11,13H,8-9H2,1-2H3,(H2,15,16,17). The minimum atomic E-state index is -0.0687. The van der Waals surface area contributed by atoms with Crippen molar-refractivity contribution in [2.24, 2.45) is 5.92 Å². The first kappa shape index (κ1) is 12.0. The largest absolute Gasteiger partial charge is 0.335 e. The topological polar surface area (TPSA) is 41.1 Å². The lowest BCUT2D eigenvalue weighted by molar-refractivity contribution is 0.233. The van der Waals surface area contributed by atoms with E-state index in [1.807, 2.05) is 37.3 Å². The van der Waals surface area contributed by atoms with E-state index in [0.29, 0.717) is 5.92 Å². The van der Waals surface area contributed by atoms with Crippen LogP contribution in [-0.4, -0.2) is 12.1 Å². The molecule has 1 aliphatic carbocycles. The van der Waals surface area contributed by atoms with Gasteiger partial charge in [0.25, 0.3) is 0 Å². The van der Waals surface area contributed by atoms with Gasteiger partial charge in [-0.2, -0.15) is 0 Å². The number of hydrogen-bond acceptors (Lipinski definition) is 1. The minimum absolute atomic E-state index is 0.0441. The molecule has 2 N–H and O–H groups in total. The summed E-state index contributed by atoms with van der Waals surface area (Å²) in [6, 6.07) is 10.3. The first-order valence-electron chi connectivity index (χ1n) is 6.29. The molecule has 0 aromatic heterocycles. The molecule has 0 saturated heterocycles. The summed E-state index contributed by atoms with van der Waals surface area (Å²) in [4.78, 5) is 11.7. The fourth-order valence-electron chi connectivity index (χ4n) is 1.98. The van der Waals surface area contributed by atoms with Crippen molar-refractivity contribution in [3.05, 3.63) is 35.9 Å². The normalized spacial score (nSPS) is 18.2. The molecule has 0 spiro atoms. The smallest absolute Gasteiger partial charge is 0.315 e. The highest BCUT2D eigenvalue weighted by molar-refractivity contribution is 5.74. The van der Waals surface area contributed by atoms with Gasteiger partial charge in [0, 0.05) is 6.04 Å². The Labute approximate surface area is 103 Å². The lowest BCUT2D eigenvalue weighted by Gasteiger charge is -2.18. The molecule has 17 heavy (non-hydrogen) atoms. The zero-order valence-electron chi connectivity index (χ0n) is 10.4. The first-order valence-corrected chi connectivity index (χ1v) is 6.29. The third kappa shape index (κ3) is 3.48. The van der Waals surface area contributed by atoms with Gasteiger partial charge in [-0.1, -0.05) is 30.3 Å². The molecular weight excluding hydrogens is 212 g/mol. The van der Waals surface area contributed by atoms with Gasteiger partial charge in [0.1, 0.15) is 0 Å². The molecule has 92 valence electrons. The van der Waals surface area contributed by atoms with Crippen molar-refractivity contribution in [1.29, 1.82) is 0 Å². The van der Waals surface area contributed by atoms with Crippen LogP contribution in [-0.2, 0) is 0 Å². The van der Waals surface area contributed by atoms with E-state index in [0.717, 1.165) is 5.56 Å². The molecule has 3 heteroatoms. The van der Waals surface area contributed by atoms with Crippen LogP contribution in [0.4, 0.5) is 4.79 Å². The lowest BCUT2D eigenvalue weighted by atomic mass is 10.1. The molecule has 1 aliphatic rings. The number of nitrogens with one attached hydrogen (secondary N) is 2. The highest BCUT2D eigenvalue weighted by Crippen LogP contribution is 2.32. The number of carbonyl (C=O) groups excluding carboxylic acids is 1. The summed E-state index contributed by atoms with van der Waals surface area (Å²) in [5, 5.41) is 5.95. The van der Waals surface area contributed by atoms with Crippen LogP contribution >= 0.6 is 0 Å². The Morgan fingerprint density at radius 1 is 1.18 bits per heavy atom. The molecule has 0 heterocycles. The summed E-state index contributed by atoms with van der Waals surface area (Å²) in [7, 11) is 0. The van der Waals surface area contributed by atoms with Gasteiger partial charge in [-0.15, -0.1) is 0 Å². The molecule has 3 nitrogen and oxygen atoms in total. The van der Waals surface area contributed by atoms with Crippen molar-refractivity contribution >= 4 is 6.03 Å². The first-order chi connectivity index (χ1) is 8.16. The van der Waals surface area contributed by atoms with Gasteiger partial charge in [0.15, 0.2) is 0 Å². The number of urea groups is 1. The summed E-state index contributed by atoms with van der Waals surface area (Å²) < 4.78 is 0. The predicted octanol–water partition coefficient (Wildman–Crippen LogP) is 2.85. The van der Waals surface area contributed by atoms with Gasteiger partial charge < -0.3 is 10.6 Å². The van der Waals surface area contributed by atoms with Crippen molar-refractivity contribution in [2.75, 3.05) is 0 Å². The molecule has 1 saturated carbocycles. The molecule has 2 amide bonds. The highest BCUT2D eigenvalue weighted by Gasteiger charge is 2.29. The molecule has 1 aromatic rings. The molecular formula is C14H20N2O. The Morgan fingerprint density at radius 2 is 1.82 bits per heavy atom. The Kier molecular flexibility index (Phi) is 3.67. The average Bonchev–Trinajstić information content (AvgIpc) is 3.13. The van der Waals surface area contributed by atoms with Crippen molar-refractivity contribution in [3.8, 4) is 0 Å². The molecule has 2 rings (SSSR count). The molecule has 2 unspecified atom stereocenters. The average molecular weight is 232 g/mol. The van der Waals surface area contributed by atoms with Gasteiger partial charge >= 0.3 is 6.03 Å². The van der Waals surface area contributed by atoms with Crippen LogP contribution in [0.2, 0.25) is 0 Å². The molecule has 0 radical (unpaired) electrons. The zero-order chi connectivity index (χ0) is 12.3. The van der Waals surface area contributed by atoms with Crippen molar-refractivity contribution in [1.82, 2.24) is 10.6 Å². The Balaban J connectivity index is 1.81. The van der Waals surface area contributed by atoms with E-state index in [2.05, 4.69) is 17.6 Å². The van der Waals surface area contributed by atoms with Gasteiger partial charge in [0.05, 0.1) is 6.04 Å². The van der Waals surface area contributed by atoms with E-state index in [1.54, 1.807) is 0 Å². The van der Waals surface area contributed by atoms with Crippen molar-refractivity contribution in [3.63, 3.8) is 0 Å². The van der Waals surface area contributed by atoms with Crippen LogP contribution in [0.5, 0.6) is 0 Å². The van der Waals surface area contributed by atoms with Crippen LogP contribution in [0.15, 0.2) is 30.3 Å². The number of hydrogen-bond donors (Lipinski definition) is 2. The number of carbonyl (C=O) groups is 1. The second-order valence-electron chi connectivity index (χ2n) is 4.88. The summed E-state index contributed by atoms with van der Waals surface area (Å²) in [6.07, 6.45) is 2.49. The van der Waals surface area contributed by atoms with Crippen LogP contribution in [0.25, 0.3) is 0 Å². The maximum Gasteiger partial charge on any atom is 0.315 e. The van der Waals surface area contributed by atoms with Gasteiger partial charge in [-0.05, 0) is 38.2 Å². The van der Waals surface area contributed by atoms with Gasteiger partial charge in [0.2, 0.25) is 0 Å². The van der Waals surface area contributed by atoms with E-state index in [9.17, 15) is 4.79 Å². The van der Waals surface area contributed by atoms with Gasteiger partial charge in [-0.3, -0.25) is 0 Å². The highest BCUT2D eigenvalue weighted by atomic mass is 16.2. The second kappa shape index (κ2) is 5.21. The van der Waals surface area contributed by atoms with Crippen LogP contribution in [0.1, 0.15) is 38.3 Å². The van der Waals surface area contributed by atoms with E-state index in [4.69, 9.17) is 0 Å². The fourth-order valence-corrected chi connectivity index (χ4v) is 1.98. The molecule has 1 fully saturated rings. The zero-order valence-corrected chi connectivity index (χ0v) is 10.4. The van der Waals surface area contributed by atoms with E-state index in [1.165, 1.54) is 12.8 Å². The minimum Gasteiger partial charge on any atom is -0.335 e. The SMILES string of the molecule is CC(NC(=O)NC(C)C1CC1)c1ccccc1. The Bertz CT molecular complexity index is 373. The molecule has 1 aromatic carbocycles. The lowest BCUT2D eigenvalue weighted by Crippen LogP contribution is -2.42. The van der Waals surface area contributed by atoms with Crippen molar-refractivity contribution in [2.45, 2.75) is 38.8 Å². The summed E-state index contributed by atoms with van der Waals surface area (Å²) >= 11 is 0. The summed E-state index contributed by atoms with van der Waals surface area (Å²) in [5.74, 6) is 0.688. The number of benzene rings is 1. The van der Waals surface area contributed by atoms with Crippen molar-refractivity contribution < 1.29 is 4.79 Å². The summed E-state index contributed by atoms with van der Waals surface area (Å²) in [5.41, 5.74) is 1.13. The third-order valence-corrected chi connectivity index (χ3v) is 3.34. The van der Waals surface area contributed by atoms with E-state index in [-0.39, 0.29) is 18.1 Å². The molecule has 0 bridgehead atoms. The number of rotatable bonds is 4. The quantitative estimate of drug-likeness (QED) is 0.823. The Hall–Kier alpha value is -1.51. The van der Waals surface area contributed by atoms with Crippen LogP contribution in [0, 0.1) is 5.92 Å². The third-order valence-electron chi connectivity index (χ3n) is 3.34. The van der Waals surface area contributed by atoms with E-state index >= 15 is 0 Å².